The molecule has 144 valence electrons. The van der Waals surface area contributed by atoms with E-state index < -0.39 is 0 Å². The molecule has 0 unspecified atom stereocenters. The second kappa shape index (κ2) is 7.93. The van der Waals surface area contributed by atoms with Gasteiger partial charge in [-0.2, -0.15) is 0 Å². The molecule has 0 radical (unpaired) electrons. The van der Waals surface area contributed by atoms with Crippen molar-refractivity contribution in [3.05, 3.63) is 59.2 Å². The van der Waals surface area contributed by atoms with Gasteiger partial charge in [0.25, 0.3) is 0 Å². The van der Waals surface area contributed by atoms with Gasteiger partial charge in [-0.3, -0.25) is 14.5 Å². The van der Waals surface area contributed by atoms with Crippen LogP contribution in [0.2, 0.25) is 0 Å². The normalized spacial score (nSPS) is 14.1. The average Bonchev–Trinajstić information content (AvgIpc) is 3.27. The van der Waals surface area contributed by atoms with E-state index in [4.69, 9.17) is 4.98 Å². The fourth-order valence-corrected chi connectivity index (χ4v) is 5.23. The number of thioether (sulfide) groups is 1. The van der Waals surface area contributed by atoms with Crippen molar-refractivity contribution in [1.82, 2.24) is 9.88 Å². The Kier molecular flexibility index (Phi) is 5.37. The van der Waals surface area contributed by atoms with Crippen LogP contribution in [0.5, 0.6) is 0 Å². The number of anilines is 1. The molecule has 28 heavy (non-hydrogen) atoms. The number of rotatable bonds is 5. The molecule has 2 amide bonds. The van der Waals surface area contributed by atoms with Crippen LogP contribution in [0.1, 0.15) is 16.7 Å². The van der Waals surface area contributed by atoms with Gasteiger partial charge in [-0.25, -0.2) is 4.98 Å². The van der Waals surface area contributed by atoms with Crippen molar-refractivity contribution in [1.29, 1.82) is 0 Å². The van der Waals surface area contributed by atoms with Gasteiger partial charge in [-0.1, -0.05) is 47.7 Å². The Morgan fingerprint density at radius 1 is 1.21 bits per heavy atom. The first kappa shape index (κ1) is 19.0. The molecule has 5 nitrogen and oxygen atoms in total. The summed E-state index contributed by atoms with van der Waals surface area (Å²) in [5.41, 5.74) is 4.26. The van der Waals surface area contributed by atoms with E-state index in [-0.39, 0.29) is 18.4 Å². The highest BCUT2D eigenvalue weighted by Gasteiger charge is 2.27. The SMILES string of the molecule is Cc1cc(C)c2sc(N(Cc3ccccc3)C(=O)CN3CSCC3=O)nc2c1. The number of carbonyl (C=O) groups is 2. The maximum atomic E-state index is 13.2. The molecular weight excluding hydrogens is 390 g/mol. The first-order chi connectivity index (χ1) is 13.5. The first-order valence-electron chi connectivity index (χ1n) is 9.09. The molecule has 0 bridgehead atoms. The van der Waals surface area contributed by atoms with E-state index in [9.17, 15) is 9.59 Å². The van der Waals surface area contributed by atoms with E-state index in [0.29, 0.717) is 23.3 Å². The van der Waals surface area contributed by atoms with Crippen LogP contribution in [-0.4, -0.2) is 39.9 Å². The number of nitrogens with zero attached hydrogens (tertiary/aromatic N) is 3. The van der Waals surface area contributed by atoms with E-state index in [0.717, 1.165) is 26.9 Å². The third-order valence-corrected chi connectivity index (χ3v) is 6.85. The van der Waals surface area contributed by atoms with Gasteiger partial charge in [0.05, 0.1) is 28.4 Å². The standard InChI is InChI=1S/C21H21N3O2S2/c1-14-8-15(2)20-17(9-14)22-21(28-20)24(10-16-6-4-3-5-7-16)18(25)11-23-13-27-12-19(23)26/h3-9H,10-13H2,1-2H3. The van der Waals surface area contributed by atoms with Gasteiger partial charge in [-0.15, -0.1) is 11.8 Å². The van der Waals surface area contributed by atoms with Gasteiger partial charge in [-0.05, 0) is 36.6 Å². The minimum atomic E-state index is -0.104. The van der Waals surface area contributed by atoms with Crippen LogP contribution < -0.4 is 4.90 Å². The molecule has 0 atom stereocenters. The van der Waals surface area contributed by atoms with Crippen molar-refractivity contribution in [3.8, 4) is 0 Å². The molecule has 2 aromatic carbocycles. The van der Waals surface area contributed by atoms with Crippen molar-refractivity contribution >= 4 is 50.3 Å². The van der Waals surface area contributed by atoms with Gasteiger partial charge < -0.3 is 4.90 Å². The molecule has 0 saturated carbocycles. The summed E-state index contributed by atoms with van der Waals surface area (Å²) in [5.74, 6) is 0.940. The van der Waals surface area contributed by atoms with Crippen LogP contribution in [0.3, 0.4) is 0 Å². The van der Waals surface area contributed by atoms with Gasteiger partial charge in [0.2, 0.25) is 11.8 Å². The summed E-state index contributed by atoms with van der Waals surface area (Å²) in [6, 6.07) is 14.1. The molecule has 1 aliphatic heterocycles. The van der Waals surface area contributed by atoms with E-state index in [1.807, 2.05) is 36.4 Å². The highest BCUT2D eigenvalue weighted by Crippen LogP contribution is 2.33. The minimum absolute atomic E-state index is 0.0220. The fraction of sp³-hybridized carbons (Fsp3) is 0.286. The summed E-state index contributed by atoms with van der Waals surface area (Å²) in [4.78, 5) is 33.2. The molecule has 1 aromatic heterocycles. The lowest BCUT2D eigenvalue weighted by Crippen LogP contribution is -2.40. The predicted molar refractivity (Wildman–Crippen MR) is 116 cm³/mol. The van der Waals surface area contributed by atoms with Crippen molar-refractivity contribution in [2.75, 3.05) is 23.1 Å². The second-order valence-electron chi connectivity index (χ2n) is 6.96. The van der Waals surface area contributed by atoms with Gasteiger partial charge in [0.1, 0.15) is 6.54 Å². The Balaban J connectivity index is 1.68. The van der Waals surface area contributed by atoms with Crippen molar-refractivity contribution in [3.63, 3.8) is 0 Å². The Morgan fingerprint density at radius 3 is 2.71 bits per heavy atom. The molecule has 1 saturated heterocycles. The van der Waals surface area contributed by atoms with Crippen molar-refractivity contribution in [2.24, 2.45) is 0 Å². The van der Waals surface area contributed by atoms with Crippen LogP contribution in [-0.2, 0) is 16.1 Å². The lowest BCUT2D eigenvalue weighted by Gasteiger charge is -2.23. The minimum Gasteiger partial charge on any atom is -0.323 e. The Hall–Kier alpha value is -2.38. The van der Waals surface area contributed by atoms with Crippen LogP contribution in [0.25, 0.3) is 10.2 Å². The third kappa shape index (κ3) is 3.91. The van der Waals surface area contributed by atoms with Crippen LogP contribution in [0.4, 0.5) is 5.13 Å². The topological polar surface area (TPSA) is 53.5 Å². The number of aryl methyl sites for hydroxylation is 2. The number of aromatic nitrogens is 1. The number of fused-ring (bicyclic) bond motifs is 1. The summed E-state index contributed by atoms with van der Waals surface area (Å²) in [5, 5.41) is 0.678. The quantitative estimate of drug-likeness (QED) is 0.637. The molecule has 0 aliphatic carbocycles. The maximum Gasteiger partial charge on any atom is 0.248 e. The Labute approximate surface area is 172 Å². The number of benzene rings is 2. The number of amides is 2. The molecule has 1 aliphatic rings. The zero-order valence-electron chi connectivity index (χ0n) is 15.8. The second-order valence-corrected chi connectivity index (χ2v) is 8.89. The largest absolute Gasteiger partial charge is 0.323 e. The van der Waals surface area contributed by atoms with Crippen molar-refractivity contribution < 1.29 is 9.59 Å². The first-order valence-corrected chi connectivity index (χ1v) is 11.1. The third-order valence-electron chi connectivity index (χ3n) is 4.68. The van der Waals surface area contributed by atoms with Gasteiger partial charge in [0, 0.05) is 0 Å². The number of hydrogen-bond donors (Lipinski definition) is 0. The number of hydrogen-bond acceptors (Lipinski definition) is 5. The molecular formula is C21H21N3O2S2. The molecule has 7 heteroatoms. The Bertz CT molecular complexity index is 1030. The van der Waals surface area contributed by atoms with Gasteiger partial charge >= 0.3 is 0 Å². The maximum absolute atomic E-state index is 13.2. The van der Waals surface area contributed by atoms with Crippen LogP contribution in [0, 0.1) is 13.8 Å². The van der Waals surface area contributed by atoms with Crippen molar-refractivity contribution in [2.45, 2.75) is 20.4 Å². The van der Waals surface area contributed by atoms with Crippen LogP contribution >= 0.6 is 23.1 Å². The number of carbonyl (C=O) groups excluding carboxylic acids is 2. The lowest BCUT2D eigenvalue weighted by atomic mass is 10.1. The monoisotopic (exact) mass is 411 g/mol. The highest BCUT2D eigenvalue weighted by molar-refractivity contribution is 8.00. The molecule has 1 fully saturated rings. The molecule has 0 spiro atoms. The Morgan fingerprint density at radius 2 is 2.00 bits per heavy atom. The zero-order chi connectivity index (χ0) is 19.7. The molecule has 3 aromatic rings. The molecule has 0 N–H and O–H groups in total. The van der Waals surface area contributed by atoms with Crippen LogP contribution in [0.15, 0.2) is 42.5 Å². The molecule has 4 rings (SSSR count). The highest BCUT2D eigenvalue weighted by atomic mass is 32.2. The summed E-state index contributed by atoms with van der Waals surface area (Å²) >= 11 is 3.08. The summed E-state index contributed by atoms with van der Waals surface area (Å²) in [7, 11) is 0. The van der Waals surface area contributed by atoms with E-state index in [1.165, 1.54) is 11.3 Å². The predicted octanol–water partition coefficient (Wildman–Crippen LogP) is 3.98. The number of thiazole rings is 1. The van der Waals surface area contributed by atoms with E-state index >= 15 is 0 Å². The smallest absolute Gasteiger partial charge is 0.248 e. The fourth-order valence-electron chi connectivity index (χ4n) is 3.30. The van der Waals surface area contributed by atoms with Gasteiger partial charge in [0.15, 0.2) is 5.13 Å². The average molecular weight is 412 g/mol. The zero-order valence-corrected chi connectivity index (χ0v) is 17.5. The lowest BCUT2D eigenvalue weighted by molar-refractivity contribution is -0.131. The van der Waals surface area contributed by atoms with E-state index in [2.05, 4.69) is 19.9 Å². The molecule has 2 heterocycles. The summed E-state index contributed by atoms with van der Waals surface area (Å²) in [6.45, 7) is 4.65. The van der Waals surface area contributed by atoms with E-state index in [1.54, 1.807) is 21.6 Å². The summed E-state index contributed by atoms with van der Waals surface area (Å²) < 4.78 is 1.10. The summed E-state index contributed by atoms with van der Waals surface area (Å²) in [6.07, 6.45) is 0.